The highest BCUT2D eigenvalue weighted by molar-refractivity contribution is 5.85. The minimum Gasteiger partial charge on any atom is -0.205 e. The summed E-state index contributed by atoms with van der Waals surface area (Å²) in [5.41, 5.74) is 6.28. The maximum Gasteiger partial charge on any atom is 0.146 e. The van der Waals surface area contributed by atoms with Crippen molar-refractivity contribution in [3.63, 3.8) is 0 Å². The third-order valence-electron chi connectivity index (χ3n) is 6.19. The minimum atomic E-state index is -0.246. The first-order chi connectivity index (χ1) is 16.7. The Hall–Kier alpha value is -3.63. The molecule has 0 saturated carbocycles. The van der Waals surface area contributed by atoms with Gasteiger partial charge < -0.3 is 0 Å². The van der Waals surface area contributed by atoms with Gasteiger partial charge in [0.25, 0.3) is 0 Å². The van der Waals surface area contributed by atoms with Gasteiger partial charge in [-0.05, 0) is 78.4 Å². The summed E-state index contributed by atoms with van der Waals surface area (Å²) in [5, 5.41) is 1.55. The summed E-state index contributed by atoms with van der Waals surface area (Å²) in [6.45, 7) is 4.25. The summed E-state index contributed by atoms with van der Waals surface area (Å²) in [6, 6.07) is 26.7. The molecule has 0 aliphatic carbocycles. The normalized spacial score (nSPS) is 11.0. The first-order valence-electron chi connectivity index (χ1n) is 12.2. The number of hydrogen-bond acceptors (Lipinski definition) is 0. The van der Waals surface area contributed by atoms with E-state index in [2.05, 4.69) is 73.4 Å². The van der Waals surface area contributed by atoms with Gasteiger partial charge >= 0.3 is 0 Å². The van der Waals surface area contributed by atoms with Crippen molar-refractivity contribution in [2.75, 3.05) is 0 Å². The van der Waals surface area contributed by atoms with Crippen LogP contribution in [0.5, 0.6) is 0 Å². The first kappa shape index (κ1) is 23.5. The lowest BCUT2D eigenvalue weighted by Crippen LogP contribution is -1.89. The summed E-state index contributed by atoms with van der Waals surface area (Å²) in [5.74, 6) is 5.91. The summed E-state index contributed by atoms with van der Waals surface area (Å²) in [6.07, 6.45) is 9.74. The molecular weight excluding hydrogens is 415 g/mol. The number of hydrogen-bond donors (Lipinski definition) is 0. The second-order valence-corrected chi connectivity index (χ2v) is 8.72. The van der Waals surface area contributed by atoms with Crippen LogP contribution in [0.3, 0.4) is 0 Å². The zero-order valence-corrected chi connectivity index (χ0v) is 20.1. The molecule has 4 rings (SSSR count). The van der Waals surface area contributed by atoms with Crippen molar-refractivity contribution in [3.8, 4) is 23.0 Å². The molecule has 170 valence electrons. The summed E-state index contributed by atoms with van der Waals surface area (Å²) in [7, 11) is 0. The third-order valence-corrected chi connectivity index (χ3v) is 6.19. The molecule has 4 aromatic rings. The molecule has 0 heterocycles. The Morgan fingerprint density at radius 1 is 0.765 bits per heavy atom. The van der Waals surface area contributed by atoms with Crippen molar-refractivity contribution in [2.45, 2.75) is 46.0 Å². The lowest BCUT2D eigenvalue weighted by molar-refractivity contribution is 0.636. The molecule has 0 aliphatic heterocycles. The predicted molar refractivity (Wildman–Crippen MR) is 144 cm³/mol. The van der Waals surface area contributed by atoms with Crippen LogP contribution < -0.4 is 0 Å². The Kier molecular flexibility index (Phi) is 7.95. The van der Waals surface area contributed by atoms with Crippen LogP contribution >= 0.6 is 0 Å². The molecule has 0 bridgehead atoms. The maximum atomic E-state index is 15.1. The fourth-order valence-electron chi connectivity index (χ4n) is 4.14. The van der Waals surface area contributed by atoms with Crippen molar-refractivity contribution in [2.24, 2.45) is 0 Å². The van der Waals surface area contributed by atoms with Crippen LogP contribution in [-0.2, 0) is 12.8 Å². The number of fused-ring (bicyclic) bond motifs is 1. The van der Waals surface area contributed by atoms with Crippen LogP contribution in [0, 0.1) is 17.7 Å². The lowest BCUT2D eigenvalue weighted by atomic mass is 10.00. The van der Waals surface area contributed by atoms with Crippen LogP contribution in [0.15, 0.2) is 91.0 Å². The van der Waals surface area contributed by atoms with Crippen LogP contribution in [-0.4, -0.2) is 0 Å². The number of allylic oxidation sites excluding steroid dienone is 2. The molecule has 0 aromatic heterocycles. The zero-order chi connectivity index (χ0) is 23.8. The van der Waals surface area contributed by atoms with Gasteiger partial charge in [-0.2, -0.15) is 0 Å². The molecule has 0 atom stereocenters. The molecular formula is C33H31F. The van der Waals surface area contributed by atoms with Gasteiger partial charge in [0.05, 0.1) is 5.56 Å². The van der Waals surface area contributed by atoms with E-state index in [1.807, 2.05) is 37.3 Å². The second-order valence-electron chi connectivity index (χ2n) is 8.72. The standard InChI is InChI=1S/C33H31F/c1-3-5-7-9-27-15-23-32-31(24-27)22-21-30(33(32)34)20-14-26-12-18-29(19-13-26)28-16-10-25(11-17-28)8-6-4-2/h3,5,10-13,15-19,21-24H,4,6-9H2,1-2H3/b5-3+. The van der Waals surface area contributed by atoms with Crippen molar-refractivity contribution in [1.82, 2.24) is 0 Å². The van der Waals surface area contributed by atoms with Gasteiger partial charge in [0.2, 0.25) is 0 Å². The third kappa shape index (κ3) is 5.83. The molecule has 0 spiro atoms. The van der Waals surface area contributed by atoms with Crippen LogP contribution in [0.4, 0.5) is 4.39 Å². The number of benzene rings is 4. The van der Waals surface area contributed by atoms with Gasteiger partial charge in [0.1, 0.15) is 5.82 Å². The van der Waals surface area contributed by atoms with Crippen molar-refractivity contribution < 1.29 is 4.39 Å². The highest BCUT2D eigenvalue weighted by Crippen LogP contribution is 2.24. The molecule has 0 unspecified atom stereocenters. The number of halogens is 1. The highest BCUT2D eigenvalue weighted by Gasteiger charge is 2.06. The molecule has 0 N–H and O–H groups in total. The smallest absolute Gasteiger partial charge is 0.146 e. The van der Waals surface area contributed by atoms with E-state index in [-0.39, 0.29) is 5.82 Å². The van der Waals surface area contributed by atoms with Gasteiger partial charge in [-0.3, -0.25) is 0 Å². The highest BCUT2D eigenvalue weighted by atomic mass is 19.1. The lowest BCUT2D eigenvalue weighted by Gasteiger charge is -2.05. The fourth-order valence-corrected chi connectivity index (χ4v) is 4.14. The number of rotatable bonds is 7. The van der Waals surface area contributed by atoms with E-state index < -0.39 is 0 Å². The molecule has 1 heteroatoms. The van der Waals surface area contributed by atoms with E-state index in [0.717, 1.165) is 35.8 Å². The average Bonchev–Trinajstić information content (AvgIpc) is 2.88. The number of unbranched alkanes of at least 4 members (excludes halogenated alkanes) is 1. The quantitative estimate of drug-likeness (QED) is 0.196. The van der Waals surface area contributed by atoms with E-state index >= 15 is 4.39 Å². The number of aryl methyl sites for hydroxylation is 2. The maximum absolute atomic E-state index is 15.1. The first-order valence-corrected chi connectivity index (χ1v) is 12.2. The largest absolute Gasteiger partial charge is 0.205 e. The Labute approximate surface area is 203 Å². The van der Waals surface area contributed by atoms with Crippen molar-refractivity contribution in [1.29, 1.82) is 0 Å². The van der Waals surface area contributed by atoms with Gasteiger partial charge in [0.15, 0.2) is 0 Å². The van der Waals surface area contributed by atoms with E-state index in [4.69, 9.17) is 0 Å². The topological polar surface area (TPSA) is 0 Å². The van der Waals surface area contributed by atoms with Gasteiger partial charge in [-0.1, -0.05) is 98.0 Å². The van der Waals surface area contributed by atoms with Gasteiger partial charge in [0, 0.05) is 10.9 Å². The SMILES string of the molecule is C/C=C/CCc1ccc2c(F)c(C#Cc3ccc(-c4ccc(CCCC)cc4)cc3)ccc2c1. The molecule has 0 fully saturated rings. The summed E-state index contributed by atoms with van der Waals surface area (Å²) in [4.78, 5) is 0. The Morgan fingerprint density at radius 3 is 2.18 bits per heavy atom. The fraction of sp³-hybridized carbons (Fsp3) is 0.212. The van der Waals surface area contributed by atoms with Gasteiger partial charge in [-0.25, -0.2) is 4.39 Å². The summed E-state index contributed by atoms with van der Waals surface area (Å²) >= 11 is 0. The van der Waals surface area contributed by atoms with Crippen LogP contribution in [0.25, 0.3) is 21.9 Å². The van der Waals surface area contributed by atoms with E-state index in [0.29, 0.717) is 10.9 Å². The van der Waals surface area contributed by atoms with Crippen molar-refractivity contribution in [3.05, 3.63) is 119 Å². The van der Waals surface area contributed by atoms with E-state index in [1.54, 1.807) is 6.07 Å². The monoisotopic (exact) mass is 446 g/mol. The van der Waals surface area contributed by atoms with Crippen LogP contribution in [0.1, 0.15) is 55.4 Å². The summed E-state index contributed by atoms with van der Waals surface area (Å²) < 4.78 is 15.1. The van der Waals surface area contributed by atoms with Crippen LogP contribution in [0.2, 0.25) is 0 Å². The van der Waals surface area contributed by atoms with Crippen molar-refractivity contribution >= 4 is 10.8 Å². The van der Waals surface area contributed by atoms with E-state index in [1.165, 1.54) is 29.5 Å². The van der Waals surface area contributed by atoms with E-state index in [9.17, 15) is 0 Å². The molecule has 0 saturated heterocycles. The van der Waals surface area contributed by atoms with Gasteiger partial charge in [-0.15, -0.1) is 0 Å². The molecule has 34 heavy (non-hydrogen) atoms. The molecule has 0 amide bonds. The average molecular weight is 447 g/mol. The molecule has 0 radical (unpaired) electrons. The Bertz CT molecular complexity index is 1330. The minimum absolute atomic E-state index is 0.246. The Balaban J connectivity index is 1.49. The second kappa shape index (κ2) is 11.5. The predicted octanol–water partition coefficient (Wildman–Crippen LogP) is 8.90. The Morgan fingerprint density at radius 2 is 1.47 bits per heavy atom. The zero-order valence-electron chi connectivity index (χ0n) is 20.1. The molecule has 0 nitrogen and oxygen atoms in total. The molecule has 4 aromatic carbocycles. The molecule has 0 aliphatic rings.